The van der Waals surface area contributed by atoms with Gasteiger partial charge in [-0.05, 0) is 42.6 Å². The van der Waals surface area contributed by atoms with E-state index in [4.69, 9.17) is 0 Å². The maximum atomic E-state index is 4.43. The highest BCUT2D eigenvalue weighted by Crippen LogP contribution is 2.21. The van der Waals surface area contributed by atoms with Crippen LogP contribution in [0.5, 0.6) is 0 Å². The van der Waals surface area contributed by atoms with Crippen molar-refractivity contribution in [2.24, 2.45) is 0 Å². The first kappa shape index (κ1) is 10.8. The molecule has 2 rings (SSSR count). The van der Waals surface area contributed by atoms with Crippen LogP contribution < -0.4 is 0 Å². The molecule has 0 N–H and O–H groups in total. The van der Waals surface area contributed by atoms with Gasteiger partial charge in [0.15, 0.2) is 5.82 Å². The summed E-state index contributed by atoms with van der Waals surface area (Å²) in [5, 5.41) is 1.79. The van der Waals surface area contributed by atoms with Crippen LogP contribution in [-0.2, 0) is 5.33 Å². The SMILES string of the molecule is Cc1ccc(-c2nsc(CBr)n2)cc1C. The van der Waals surface area contributed by atoms with E-state index < -0.39 is 0 Å². The number of nitrogens with zero attached hydrogens (tertiary/aromatic N) is 2. The fourth-order valence-corrected chi connectivity index (χ4v) is 2.25. The van der Waals surface area contributed by atoms with Crippen molar-refractivity contribution in [3.63, 3.8) is 0 Å². The number of benzene rings is 1. The van der Waals surface area contributed by atoms with E-state index in [0.717, 1.165) is 21.7 Å². The molecule has 0 aliphatic carbocycles. The first-order valence-electron chi connectivity index (χ1n) is 4.67. The van der Waals surface area contributed by atoms with Gasteiger partial charge in [-0.2, -0.15) is 4.37 Å². The summed E-state index contributed by atoms with van der Waals surface area (Å²) in [6.07, 6.45) is 0. The summed E-state index contributed by atoms with van der Waals surface area (Å²) in [6.45, 7) is 4.22. The van der Waals surface area contributed by atoms with Gasteiger partial charge >= 0.3 is 0 Å². The summed E-state index contributed by atoms with van der Waals surface area (Å²) in [7, 11) is 0. The smallest absolute Gasteiger partial charge is 0.173 e. The van der Waals surface area contributed by atoms with Crippen molar-refractivity contribution in [1.82, 2.24) is 9.36 Å². The first-order valence-corrected chi connectivity index (χ1v) is 6.56. The fraction of sp³-hybridized carbons (Fsp3) is 0.273. The molecule has 0 fully saturated rings. The minimum absolute atomic E-state index is 0.773. The summed E-state index contributed by atoms with van der Waals surface area (Å²) < 4.78 is 4.33. The second-order valence-electron chi connectivity index (χ2n) is 3.44. The standard InChI is InChI=1S/C11H11BrN2S/c1-7-3-4-9(5-8(7)2)11-13-10(6-12)15-14-11/h3-5H,6H2,1-2H3. The average molecular weight is 283 g/mol. The van der Waals surface area contributed by atoms with Gasteiger partial charge in [-0.15, -0.1) is 0 Å². The molecule has 0 aliphatic heterocycles. The van der Waals surface area contributed by atoms with Crippen LogP contribution in [0.25, 0.3) is 11.4 Å². The number of hydrogen-bond donors (Lipinski definition) is 0. The van der Waals surface area contributed by atoms with E-state index >= 15 is 0 Å². The van der Waals surface area contributed by atoms with Crippen LogP contribution in [0.2, 0.25) is 0 Å². The molecule has 0 spiro atoms. The molecule has 0 aliphatic rings. The second kappa shape index (κ2) is 4.41. The van der Waals surface area contributed by atoms with Gasteiger partial charge in [0.05, 0.1) is 5.33 Å². The second-order valence-corrected chi connectivity index (χ2v) is 4.84. The lowest BCUT2D eigenvalue weighted by Gasteiger charge is -2.01. The Labute approximate surface area is 102 Å². The van der Waals surface area contributed by atoms with Crippen LogP contribution in [0.1, 0.15) is 16.1 Å². The zero-order chi connectivity index (χ0) is 10.8. The van der Waals surface area contributed by atoms with Gasteiger partial charge in [-0.3, -0.25) is 0 Å². The molecule has 4 heteroatoms. The van der Waals surface area contributed by atoms with Gasteiger partial charge < -0.3 is 0 Å². The summed E-state index contributed by atoms with van der Waals surface area (Å²) in [4.78, 5) is 4.43. The fourth-order valence-electron chi connectivity index (χ4n) is 1.31. The van der Waals surface area contributed by atoms with Crippen molar-refractivity contribution in [2.45, 2.75) is 19.2 Å². The maximum Gasteiger partial charge on any atom is 0.173 e. The largest absolute Gasteiger partial charge is 0.219 e. The molecule has 0 atom stereocenters. The third kappa shape index (κ3) is 2.26. The van der Waals surface area contributed by atoms with Crippen LogP contribution in [0.4, 0.5) is 0 Å². The molecule has 15 heavy (non-hydrogen) atoms. The van der Waals surface area contributed by atoms with Crippen molar-refractivity contribution >= 4 is 27.5 Å². The third-order valence-electron chi connectivity index (χ3n) is 2.35. The van der Waals surface area contributed by atoms with Crippen LogP contribution in [0.3, 0.4) is 0 Å². The van der Waals surface area contributed by atoms with Crippen LogP contribution in [0.15, 0.2) is 18.2 Å². The minimum Gasteiger partial charge on any atom is -0.219 e. The van der Waals surface area contributed by atoms with Crippen LogP contribution >= 0.6 is 27.5 Å². The molecular weight excluding hydrogens is 272 g/mol. The number of rotatable bonds is 2. The van der Waals surface area contributed by atoms with E-state index in [1.54, 1.807) is 0 Å². The summed E-state index contributed by atoms with van der Waals surface area (Å²) in [5.41, 5.74) is 3.68. The van der Waals surface area contributed by atoms with Crippen molar-refractivity contribution in [3.8, 4) is 11.4 Å². The number of aryl methyl sites for hydroxylation is 2. The van der Waals surface area contributed by atoms with E-state index in [1.807, 2.05) is 0 Å². The molecule has 0 saturated carbocycles. The van der Waals surface area contributed by atoms with Gasteiger partial charge in [0.1, 0.15) is 5.01 Å². The molecule has 0 radical (unpaired) electrons. The quantitative estimate of drug-likeness (QED) is 0.785. The Morgan fingerprint density at radius 2 is 2.07 bits per heavy atom. The molecule has 0 amide bonds. The zero-order valence-electron chi connectivity index (χ0n) is 8.62. The van der Waals surface area contributed by atoms with Gasteiger partial charge in [0, 0.05) is 5.56 Å². The lowest BCUT2D eigenvalue weighted by atomic mass is 10.1. The Kier molecular flexibility index (Phi) is 3.17. The van der Waals surface area contributed by atoms with Crippen LogP contribution in [0, 0.1) is 13.8 Å². The molecule has 2 nitrogen and oxygen atoms in total. The zero-order valence-corrected chi connectivity index (χ0v) is 11.0. The van der Waals surface area contributed by atoms with E-state index in [9.17, 15) is 0 Å². The molecule has 78 valence electrons. The van der Waals surface area contributed by atoms with E-state index in [-0.39, 0.29) is 0 Å². The number of aromatic nitrogens is 2. The van der Waals surface area contributed by atoms with Gasteiger partial charge in [-0.1, -0.05) is 28.1 Å². The van der Waals surface area contributed by atoms with Crippen molar-refractivity contribution < 1.29 is 0 Å². The van der Waals surface area contributed by atoms with E-state index in [1.165, 1.54) is 22.7 Å². The molecule has 1 aromatic heterocycles. The number of hydrogen-bond acceptors (Lipinski definition) is 3. The van der Waals surface area contributed by atoms with Gasteiger partial charge in [-0.25, -0.2) is 4.98 Å². The molecule has 0 saturated heterocycles. The third-order valence-corrected chi connectivity index (χ3v) is 3.96. The highest BCUT2D eigenvalue weighted by Gasteiger charge is 2.06. The van der Waals surface area contributed by atoms with Crippen molar-refractivity contribution in [1.29, 1.82) is 0 Å². The van der Waals surface area contributed by atoms with Crippen LogP contribution in [-0.4, -0.2) is 9.36 Å². The Hall–Kier alpha value is -0.740. The molecule has 0 bridgehead atoms. The predicted octanol–water partition coefficient (Wildman–Crippen LogP) is 3.72. The highest BCUT2D eigenvalue weighted by molar-refractivity contribution is 9.08. The number of halogens is 1. The first-order chi connectivity index (χ1) is 7.20. The van der Waals surface area contributed by atoms with E-state index in [2.05, 4.69) is 57.3 Å². The Morgan fingerprint density at radius 1 is 1.27 bits per heavy atom. The van der Waals surface area contributed by atoms with Crippen molar-refractivity contribution in [3.05, 3.63) is 34.3 Å². The maximum absolute atomic E-state index is 4.43. The Bertz CT molecular complexity index is 479. The number of alkyl halides is 1. The normalized spacial score (nSPS) is 10.6. The summed E-state index contributed by atoms with van der Waals surface area (Å²) in [6, 6.07) is 6.32. The monoisotopic (exact) mass is 282 g/mol. The topological polar surface area (TPSA) is 25.8 Å². The van der Waals surface area contributed by atoms with E-state index in [0.29, 0.717) is 0 Å². The molecule has 1 heterocycles. The minimum atomic E-state index is 0.773. The van der Waals surface area contributed by atoms with Crippen molar-refractivity contribution in [2.75, 3.05) is 0 Å². The lowest BCUT2D eigenvalue weighted by Crippen LogP contribution is -1.85. The molecular formula is C11H11BrN2S. The van der Waals surface area contributed by atoms with Gasteiger partial charge in [0.2, 0.25) is 0 Å². The molecule has 0 unspecified atom stereocenters. The summed E-state index contributed by atoms with van der Waals surface area (Å²) >= 11 is 4.82. The lowest BCUT2D eigenvalue weighted by molar-refractivity contribution is 1.23. The Balaban J connectivity index is 2.40. The predicted molar refractivity (Wildman–Crippen MR) is 67.5 cm³/mol. The molecule has 2 aromatic rings. The average Bonchev–Trinajstić information content (AvgIpc) is 2.70. The summed E-state index contributed by atoms with van der Waals surface area (Å²) in [5.74, 6) is 0.831. The molecule has 1 aromatic carbocycles. The highest BCUT2D eigenvalue weighted by atomic mass is 79.9. The Morgan fingerprint density at radius 3 is 2.67 bits per heavy atom. The van der Waals surface area contributed by atoms with Gasteiger partial charge in [0.25, 0.3) is 0 Å².